The van der Waals surface area contributed by atoms with Crippen LogP contribution in [0.4, 0.5) is 0 Å². The van der Waals surface area contributed by atoms with Gasteiger partial charge < -0.3 is 14.5 Å². The summed E-state index contributed by atoms with van der Waals surface area (Å²) in [6.45, 7) is 6.21. The maximum absolute atomic E-state index is 9.10. The van der Waals surface area contributed by atoms with Crippen molar-refractivity contribution in [3.8, 4) is 0 Å². The van der Waals surface area contributed by atoms with E-state index in [4.69, 9.17) is 14.5 Å². The number of nitrogens with zero attached hydrogens (tertiary/aromatic N) is 2. The topological polar surface area (TPSA) is 78.3 Å². The third-order valence-corrected chi connectivity index (χ3v) is 3.25. The molecular weight excluding hydrogens is 279 g/mol. The Morgan fingerprint density at radius 1 is 1.45 bits per heavy atom. The van der Waals surface area contributed by atoms with E-state index in [-0.39, 0.29) is 5.66 Å². The molecule has 0 atom stereocenters. The van der Waals surface area contributed by atoms with Crippen molar-refractivity contribution < 1.29 is 14.5 Å². The lowest BCUT2D eigenvalue weighted by atomic mass is 9.88. The van der Waals surface area contributed by atoms with Gasteiger partial charge in [0.05, 0.1) is 5.71 Å². The zero-order valence-electron chi connectivity index (χ0n) is 12.6. The molecule has 2 rings (SSSR count). The van der Waals surface area contributed by atoms with Crippen LogP contribution in [-0.2, 0) is 0 Å². The summed E-state index contributed by atoms with van der Waals surface area (Å²) < 4.78 is 5.39. The first-order chi connectivity index (χ1) is 10.7. The molecule has 0 saturated heterocycles. The van der Waals surface area contributed by atoms with E-state index in [2.05, 4.69) is 16.7 Å². The Hall–Kier alpha value is -2.18. The molecule has 0 saturated carbocycles. The molecule has 1 aromatic rings. The van der Waals surface area contributed by atoms with Gasteiger partial charge in [0.25, 0.3) is 0 Å². The average molecular weight is 298 g/mol. The van der Waals surface area contributed by atoms with Crippen LogP contribution < -0.4 is 5.66 Å². The fraction of sp³-hybridized carbons (Fsp3) is 0.250. The fourth-order valence-corrected chi connectivity index (χ4v) is 2.32. The van der Waals surface area contributed by atoms with Crippen LogP contribution in [0.15, 0.2) is 56.0 Å². The van der Waals surface area contributed by atoms with Crippen molar-refractivity contribution in [3.05, 3.63) is 47.4 Å². The van der Waals surface area contributed by atoms with Gasteiger partial charge >= 0.3 is 7.12 Å². The first kappa shape index (κ1) is 16.2. The second-order valence-electron chi connectivity index (χ2n) is 4.88. The molecular formula is C16H19BN2O3. The largest absolute Gasteiger partial charge is 0.526 e. The van der Waals surface area contributed by atoms with Crippen molar-refractivity contribution in [2.24, 2.45) is 9.98 Å². The molecule has 0 aromatic carbocycles. The van der Waals surface area contributed by atoms with Gasteiger partial charge in [-0.2, -0.15) is 0 Å². The molecule has 22 heavy (non-hydrogen) atoms. The number of hydrogen-bond donors (Lipinski definition) is 2. The Kier molecular flexibility index (Phi) is 5.69. The first-order valence-electron chi connectivity index (χ1n) is 7.16. The fourth-order valence-electron chi connectivity index (χ4n) is 2.32. The van der Waals surface area contributed by atoms with E-state index in [1.807, 2.05) is 25.2 Å². The molecule has 1 aliphatic heterocycles. The summed E-state index contributed by atoms with van der Waals surface area (Å²) in [5, 5.41) is 18.2. The SMILES string of the molecule is C=N/C=C(\C=C/C)C1=NCCC/C1=C\c1ccc(B(O)O)o1. The highest BCUT2D eigenvalue weighted by atomic mass is 16.4. The molecule has 0 spiro atoms. The minimum absolute atomic E-state index is 0.123. The van der Waals surface area contributed by atoms with Crippen molar-refractivity contribution in [1.29, 1.82) is 0 Å². The minimum Gasteiger partial charge on any atom is -0.465 e. The maximum atomic E-state index is 9.10. The number of hydrogen-bond acceptors (Lipinski definition) is 5. The molecule has 1 aromatic heterocycles. The van der Waals surface area contributed by atoms with Gasteiger partial charge in [-0.15, -0.1) is 0 Å². The first-order valence-corrected chi connectivity index (χ1v) is 7.16. The smallest absolute Gasteiger partial charge is 0.465 e. The van der Waals surface area contributed by atoms with Gasteiger partial charge in [0.1, 0.15) is 11.4 Å². The van der Waals surface area contributed by atoms with Gasteiger partial charge in [-0.1, -0.05) is 12.2 Å². The Bertz CT molecular complexity index is 654. The van der Waals surface area contributed by atoms with Crippen molar-refractivity contribution in [2.45, 2.75) is 19.8 Å². The molecule has 5 nitrogen and oxygen atoms in total. The summed E-state index contributed by atoms with van der Waals surface area (Å²) in [5.41, 5.74) is 2.93. The molecule has 0 aliphatic carbocycles. The molecule has 114 valence electrons. The van der Waals surface area contributed by atoms with Crippen LogP contribution in [-0.4, -0.2) is 36.1 Å². The predicted molar refractivity (Wildman–Crippen MR) is 90.5 cm³/mol. The quantitative estimate of drug-likeness (QED) is 0.494. The summed E-state index contributed by atoms with van der Waals surface area (Å²) in [5.74, 6) is 0.569. The molecule has 2 heterocycles. The molecule has 0 radical (unpaired) electrons. The van der Waals surface area contributed by atoms with Crippen LogP contribution in [0.5, 0.6) is 0 Å². The van der Waals surface area contributed by atoms with E-state index in [0.717, 1.165) is 36.2 Å². The van der Waals surface area contributed by atoms with Crippen LogP contribution in [0.3, 0.4) is 0 Å². The summed E-state index contributed by atoms with van der Waals surface area (Å²) in [6.07, 6.45) is 9.28. The van der Waals surface area contributed by atoms with E-state index in [0.29, 0.717) is 5.76 Å². The van der Waals surface area contributed by atoms with Crippen molar-refractivity contribution in [1.82, 2.24) is 0 Å². The lowest BCUT2D eigenvalue weighted by Gasteiger charge is -2.16. The Morgan fingerprint density at radius 3 is 2.91 bits per heavy atom. The number of furan rings is 1. The lowest BCUT2D eigenvalue weighted by Crippen LogP contribution is -2.27. The number of rotatable bonds is 5. The van der Waals surface area contributed by atoms with E-state index in [9.17, 15) is 0 Å². The second-order valence-corrected chi connectivity index (χ2v) is 4.88. The van der Waals surface area contributed by atoms with Gasteiger partial charge in [0.2, 0.25) is 0 Å². The monoisotopic (exact) mass is 298 g/mol. The summed E-state index contributed by atoms with van der Waals surface area (Å²) >= 11 is 0. The van der Waals surface area contributed by atoms with E-state index < -0.39 is 7.12 Å². The zero-order valence-corrected chi connectivity index (χ0v) is 12.6. The van der Waals surface area contributed by atoms with Gasteiger partial charge in [-0.3, -0.25) is 9.98 Å². The predicted octanol–water partition coefficient (Wildman–Crippen LogP) is 1.74. The maximum Gasteiger partial charge on any atom is 0.526 e. The molecule has 2 N–H and O–H groups in total. The van der Waals surface area contributed by atoms with E-state index in [1.165, 1.54) is 0 Å². The highest BCUT2D eigenvalue weighted by molar-refractivity contribution is 6.57. The zero-order chi connectivity index (χ0) is 15.9. The molecule has 0 unspecified atom stereocenters. The molecule has 0 fully saturated rings. The van der Waals surface area contributed by atoms with Crippen molar-refractivity contribution in [3.63, 3.8) is 0 Å². The van der Waals surface area contributed by atoms with Crippen LogP contribution in [0, 0.1) is 0 Å². The van der Waals surface area contributed by atoms with E-state index in [1.54, 1.807) is 18.3 Å². The standard InChI is InChI=1S/C16H19BN2O3/c1-3-5-13(11-18-2)16-12(6-4-9-19-16)10-14-7-8-15(22-14)17(20)21/h3,5,7-8,10-11,20-21H,2,4,6,9H2,1H3/b5-3-,12-10+,13-11+. The second kappa shape index (κ2) is 7.73. The van der Waals surface area contributed by atoms with Gasteiger partial charge in [-0.25, -0.2) is 0 Å². The molecule has 1 aliphatic rings. The molecule has 0 amide bonds. The van der Waals surface area contributed by atoms with Crippen LogP contribution in [0.2, 0.25) is 0 Å². The summed E-state index contributed by atoms with van der Waals surface area (Å²) in [4.78, 5) is 8.42. The molecule has 0 bridgehead atoms. The van der Waals surface area contributed by atoms with Crippen LogP contribution in [0.25, 0.3) is 6.08 Å². The third-order valence-electron chi connectivity index (χ3n) is 3.25. The third kappa shape index (κ3) is 3.93. The van der Waals surface area contributed by atoms with Gasteiger partial charge in [0, 0.05) is 18.3 Å². The minimum atomic E-state index is -1.60. The van der Waals surface area contributed by atoms with E-state index >= 15 is 0 Å². The van der Waals surface area contributed by atoms with Gasteiger partial charge in [-0.05, 0) is 50.3 Å². The summed E-state index contributed by atoms with van der Waals surface area (Å²) in [6, 6.07) is 3.25. The average Bonchev–Trinajstić information content (AvgIpc) is 2.96. The molecule has 6 heteroatoms. The van der Waals surface area contributed by atoms with Gasteiger partial charge in [0.15, 0.2) is 0 Å². The van der Waals surface area contributed by atoms with Crippen molar-refractivity contribution in [2.75, 3.05) is 6.54 Å². The highest BCUT2D eigenvalue weighted by Gasteiger charge is 2.18. The number of allylic oxidation sites excluding steroid dienone is 4. The van der Waals surface area contributed by atoms with Crippen LogP contribution in [0.1, 0.15) is 25.5 Å². The summed E-state index contributed by atoms with van der Waals surface area (Å²) in [7, 11) is -1.60. The normalized spacial score (nSPS) is 17.9. The van der Waals surface area contributed by atoms with Crippen molar-refractivity contribution >= 4 is 31.3 Å². The Balaban J connectivity index is 2.36. The highest BCUT2D eigenvalue weighted by Crippen LogP contribution is 2.22. The lowest BCUT2D eigenvalue weighted by molar-refractivity contribution is 0.409. The Labute approximate surface area is 130 Å². The Morgan fingerprint density at radius 2 is 2.27 bits per heavy atom. The number of aliphatic imine (C=N–C) groups is 2. The van der Waals surface area contributed by atoms with Crippen LogP contribution >= 0.6 is 0 Å².